The molecule has 5 nitrogen and oxygen atoms in total. The summed E-state index contributed by atoms with van der Waals surface area (Å²) in [6.45, 7) is 1.75. The van der Waals surface area contributed by atoms with Crippen molar-refractivity contribution in [2.24, 2.45) is 0 Å². The molecule has 1 amide bonds. The van der Waals surface area contributed by atoms with E-state index in [0.29, 0.717) is 22.2 Å². The number of aromatic nitrogens is 1. The minimum atomic E-state index is -0.919. The predicted molar refractivity (Wildman–Crippen MR) is 88.8 cm³/mol. The van der Waals surface area contributed by atoms with E-state index >= 15 is 0 Å². The van der Waals surface area contributed by atoms with Crippen molar-refractivity contribution >= 4 is 40.8 Å². The van der Waals surface area contributed by atoms with E-state index in [1.54, 1.807) is 37.4 Å². The molecule has 23 heavy (non-hydrogen) atoms. The Labute approximate surface area is 143 Å². The monoisotopic (exact) mass is 352 g/mol. The molecule has 1 N–H and O–H groups in total. The topological polar surface area (TPSA) is 68.3 Å². The third kappa shape index (κ3) is 4.68. The van der Waals surface area contributed by atoms with Crippen LogP contribution < -0.4 is 5.32 Å². The number of anilines is 1. The van der Waals surface area contributed by atoms with Gasteiger partial charge in [-0.1, -0.05) is 30.1 Å². The average Bonchev–Trinajstić information content (AvgIpc) is 2.56. The summed E-state index contributed by atoms with van der Waals surface area (Å²) in [4.78, 5) is 28.1. The third-order valence-corrected chi connectivity index (χ3v) is 3.74. The molecule has 2 rings (SSSR count). The first-order chi connectivity index (χ1) is 11.0. The Hall–Kier alpha value is -2.11. The number of rotatable bonds is 5. The summed E-state index contributed by atoms with van der Waals surface area (Å²) in [5.74, 6) is -1.04. The molecular weight excluding hydrogens is 339 g/mol. The summed E-state index contributed by atoms with van der Waals surface area (Å²) in [6.07, 6.45) is 2.34. The number of benzene rings is 1. The number of ether oxygens (including phenoxy) is 1. The zero-order chi connectivity index (χ0) is 16.8. The zero-order valence-corrected chi connectivity index (χ0v) is 13.8. The second-order valence-corrected chi connectivity index (χ2v) is 5.48. The number of hydrogen-bond acceptors (Lipinski definition) is 4. The highest BCUT2D eigenvalue weighted by molar-refractivity contribution is 6.42. The number of hydrogen-bond donors (Lipinski definition) is 1. The molecule has 1 aromatic carbocycles. The number of carbonyl (C=O) groups excluding carboxylic acids is 2. The fourth-order valence-corrected chi connectivity index (χ4v) is 2.10. The predicted octanol–water partition coefficient (Wildman–Crippen LogP) is 3.96. The van der Waals surface area contributed by atoms with Crippen LogP contribution in [0.15, 0.2) is 42.7 Å². The van der Waals surface area contributed by atoms with Crippen molar-refractivity contribution in [3.63, 3.8) is 0 Å². The highest BCUT2D eigenvalue weighted by Gasteiger charge is 2.22. The molecule has 120 valence electrons. The van der Waals surface area contributed by atoms with Gasteiger partial charge in [0.15, 0.2) is 6.10 Å². The summed E-state index contributed by atoms with van der Waals surface area (Å²) in [5.41, 5.74) is 0.758. The molecule has 0 bridgehead atoms. The van der Waals surface area contributed by atoms with Crippen molar-refractivity contribution in [1.82, 2.24) is 4.98 Å². The third-order valence-electron chi connectivity index (χ3n) is 3.00. The molecule has 1 aromatic heterocycles. The van der Waals surface area contributed by atoms with Crippen LogP contribution in [0.1, 0.15) is 23.7 Å². The van der Waals surface area contributed by atoms with Crippen LogP contribution in [-0.4, -0.2) is 23.0 Å². The van der Waals surface area contributed by atoms with E-state index in [-0.39, 0.29) is 5.56 Å². The molecule has 0 aliphatic rings. The number of pyridine rings is 1. The van der Waals surface area contributed by atoms with Crippen LogP contribution in [-0.2, 0) is 9.53 Å². The average molecular weight is 353 g/mol. The Morgan fingerprint density at radius 1 is 1.26 bits per heavy atom. The Morgan fingerprint density at radius 2 is 2.04 bits per heavy atom. The fourth-order valence-electron chi connectivity index (χ4n) is 1.80. The summed E-state index contributed by atoms with van der Waals surface area (Å²) < 4.78 is 5.22. The molecule has 1 atom stereocenters. The second kappa shape index (κ2) is 7.94. The Balaban J connectivity index is 2.03. The van der Waals surface area contributed by atoms with Gasteiger partial charge in [0.2, 0.25) is 0 Å². The van der Waals surface area contributed by atoms with Crippen molar-refractivity contribution in [2.75, 3.05) is 5.32 Å². The quantitative estimate of drug-likeness (QED) is 0.826. The van der Waals surface area contributed by atoms with E-state index in [0.717, 1.165) is 0 Å². The first-order valence-electron chi connectivity index (χ1n) is 6.88. The van der Waals surface area contributed by atoms with Gasteiger partial charge < -0.3 is 10.1 Å². The lowest BCUT2D eigenvalue weighted by atomic mass is 10.2. The maximum absolute atomic E-state index is 12.2. The first-order valence-corrected chi connectivity index (χ1v) is 7.63. The lowest BCUT2D eigenvalue weighted by molar-refractivity contribution is -0.124. The van der Waals surface area contributed by atoms with Crippen LogP contribution in [0.2, 0.25) is 10.0 Å². The van der Waals surface area contributed by atoms with Gasteiger partial charge in [-0.25, -0.2) is 4.79 Å². The standard InChI is InChI=1S/C16H14Cl2N2O3/c1-2-14(23-16(22)10-4-3-7-19-9-10)15(21)20-11-5-6-12(17)13(18)8-11/h3-9,14H,2H2,1H3,(H,20,21). The molecule has 0 spiro atoms. The minimum absolute atomic E-state index is 0.285. The number of halogens is 2. The lowest BCUT2D eigenvalue weighted by Gasteiger charge is -2.16. The molecule has 0 aliphatic carbocycles. The van der Waals surface area contributed by atoms with E-state index in [2.05, 4.69) is 10.3 Å². The Morgan fingerprint density at radius 3 is 2.65 bits per heavy atom. The van der Waals surface area contributed by atoms with Gasteiger partial charge >= 0.3 is 5.97 Å². The van der Waals surface area contributed by atoms with Gasteiger partial charge in [0.1, 0.15) is 0 Å². The lowest BCUT2D eigenvalue weighted by Crippen LogP contribution is -2.32. The van der Waals surface area contributed by atoms with Crippen LogP contribution in [0.4, 0.5) is 5.69 Å². The molecule has 0 saturated heterocycles. The number of nitrogens with one attached hydrogen (secondary N) is 1. The van der Waals surface area contributed by atoms with Crippen molar-refractivity contribution in [2.45, 2.75) is 19.4 Å². The Kier molecular flexibility index (Phi) is 5.96. The maximum Gasteiger partial charge on any atom is 0.340 e. The molecule has 1 unspecified atom stereocenters. The zero-order valence-electron chi connectivity index (χ0n) is 12.3. The van der Waals surface area contributed by atoms with Gasteiger partial charge in [0, 0.05) is 18.1 Å². The van der Waals surface area contributed by atoms with Gasteiger partial charge in [-0.15, -0.1) is 0 Å². The molecule has 7 heteroatoms. The number of carbonyl (C=O) groups is 2. The summed E-state index contributed by atoms with van der Waals surface area (Å²) in [5, 5.41) is 3.36. The van der Waals surface area contributed by atoms with Gasteiger partial charge in [-0.2, -0.15) is 0 Å². The summed E-state index contributed by atoms with van der Waals surface area (Å²) in [6, 6.07) is 7.90. The largest absolute Gasteiger partial charge is 0.449 e. The van der Waals surface area contributed by atoms with E-state index in [4.69, 9.17) is 27.9 Å². The maximum atomic E-state index is 12.2. The summed E-state index contributed by atoms with van der Waals surface area (Å²) in [7, 11) is 0. The second-order valence-electron chi connectivity index (χ2n) is 4.66. The number of esters is 1. The van der Waals surface area contributed by atoms with E-state index in [9.17, 15) is 9.59 Å². The molecule has 1 heterocycles. The highest BCUT2D eigenvalue weighted by Crippen LogP contribution is 2.25. The van der Waals surface area contributed by atoms with Crippen LogP contribution in [0.25, 0.3) is 0 Å². The Bertz CT molecular complexity index is 708. The van der Waals surface area contributed by atoms with Gasteiger partial charge in [0.25, 0.3) is 5.91 Å². The summed E-state index contributed by atoms with van der Waals surface area (Å²) >= 11 is 11.7. The molecule has 0 radical (unpaired) electrons. The number of amides is 1. The van der Waals surface area contributed by atoms with Crippen molar-refractivity contribution in [1.29, 1.82) is 0 Å². The molecular formula is C16H14Cl2N2O3. The van der Waals surface area contributed by atoms with Crippen LogP contribution in [0.3, 0.4) is 0 Å². The van der Waals surface area contributed by atoms with Crippen LogP contribution in [0, 0.1) is 0 Å². The molecule has 0 fully saturated rings. The minimum Gasteiger partial charge on any atom is -0.449 e. The van der Waals surface area contributed by atoms with E-state index in [1.807, 2.05) is 0 Å². The highest BCUT2D eigenvalue weighted by atomic mass is 35.5. The van der Waals surface area contributed by atoms with Crippen LogP contribution in [0.5, 0.6) is 0 Å². The molecule has 0 aliphatic heterocycles. The van der Waals surface area contributed by atoms with E-state index in [1.165, 1.54) is 12.3 Å². The van der Waals surface area contributed by atoms with Crippen LogP contribution >= 0.6 is 23.2 Å². The van der Waals surface area contributed by atoms with E-state index < -0.39 is 18.0 Å². The smallest absolute Gasteiger partial charge is 0.340 e. The van der Waals surface area contributed by atoms with Gasteiger partial charge in [-0.05, 0) is 36.8 Å². The fraction of sp³-hybridized carbons (Fsp3) is 0.188. The van der Waals surface area contributed by atoms with Gasteiger partial charge in [-0.3, -0.25) is 9.78 Å². The number of nitrogens with zero attached hydrogens (tertiary/aromatic N) is 1. The van der Waals surface area contributed by atoms with Crippen molar-refractivity contribution < 1.29 is 14.3 Å². The molecule has 0 saturated carbocycles. The molecule has 2 aromatic rings. The first kappa shape index (κ1) is 17.2. The van der Waals surface area contributed by atoms with Crippen molar-refractivity contribution in [3.8, 4) is 0 Å². The SMILES string of the molecule is CCC(OC(=O)c1cccnc1)C(=O)Nc1ccc(Cl)c(Cl)c1. The van der Waals surface area contributed by atoms with Crippen molar-refractivity contribution in [3.05, 3.63) is 58.3 Å². The normalized spacial score (nSPS) is 11.6. The van der Waals surface area contributed by atoms with Gasteiger partial charge in [0.05, 0.1) is 15.6 Å².